The average molecular weight is 236 g/mol. The van der Waals surface area contributed by atoms with Crippen LogP contribution in [0.5, 0.6) is 5.75 Å². The number of hydrogen-bond donors (Lipinski definition) is 1. The predicted octanol–water partition coefficient (Wildman–Crippen LogP) is 3.23. The average Bonchev–Trinajstić information content (AvgIpc) is 2.15. The number of rotatable bonds is 4. The first-order valence-corrected chi connectivity index (χ1v) is 5.78. The lowest BCUT2D eigenvalue weighted by Gasteiger charge is -2.20. The van der Waals surface area contributed by atoms with Gasteiger partial charge >= 0.3 is 5.97 Å². The first-order chi connectivity index (χ1) is 7.79. The molecule has 0 radical (unpaired) electrons. The molecule has 0 saturated heterocycles. The van der Waals surface area contributed by atoms with E-state index in [1.54, 1.807) is 6.92 Å². The van der Waals surface area contributed by atoms with Gasteiger partial charge in [-0.15, -0.1) is 0 Å². The third-order valence-corrected chi connectivity index (χ3v) is 2.52. The molecular weight excluding hydrogens is 216 g/mol. The number of benzene rings is 1. The van der Waals surface area contributed by atoms with Crippen molar-refractivity contribution in [3.05, 3.63) is 29.8 Å². The summed E-state index contributed by atoms with van der Waals surface area (Å²) in [4.78, 5) is 10.5. The zero-order chi connectivity index (χ0) is 13.1. The highest BCUT2D eigenvalue weighted by atomic mass is 16.5. The molecule has 3 heteroatoms. The molecule has 0 aliphatic rings. The summed E-state index contributed by atoms with van der Waals surface area (Å²) in [5, 5.41) is 8.63. The maximum atomic E-state index is 10.5. The fourth-order valence-electron chi connectivity index (χ4n) is 1.55. The normalized spacial score (nSPS) is 13.2. The van der Waals surface area contributed by atoms with E-state index in [0.717, 1.165) is 0 Å². The van der Waals surface area contributed by atoms with Crippen molar-refractivity contribution in [3.8, 4) is 5.75 Å². The molecule has 0 aliphatic carbocycles. The van der Waals surface area contributed by atoms with E-state index in [4.69, 9.17) is 9.84 Å². The summed E-state index contributed by atoms with van der Waals surface area (Å²) < 4.78 is 5.51. The summed E-state index contributed by atoms with van der Waals surface area (Å²) >= 11 is 0. The van der Waals surface area contributed by atoms with Gasteiger partial charge in [0.1, 0.15) is 11.9 Å². The van der Waals surface area contributed by atoms with E-state index in [0.29, 0.717) is 5.75 Å². The van der Waals surface area contributed by atoms with Crippen LogP contribution >= 0.6 is 0 Å². The van der Waals surface area contributed by atoms with Crippen molar-refractivity contribution in [1.29, 1.82) is 0 Å². The van der Waals surface area contributed by atoms with Gasteiger partial charge in [0.2, 0.25) is 0 Å². The van der Waals surface area contributed by atoms with Gasteiger partial charge in [-0.25, -0.2) is 0 Å². The van der Waals surface area contributed by atoms with Crippen LogP contribution in [0.25, 0.3) is 0 Å². The Morgan fingerprint density at radius 3 is 2.24 bits per heavy atom. The van der Waals surface area contributed by atoms with Crippen molar-refractivity contribution < 1.29 is 14.6 Å². The smallest absolute Gasteiger partial charge is 0.307 e. The Morgan fingerprint density at radius 1 is 1.29 bits per heavy atom. The third kappa shape index (κ3) is 4.47. The van der Waals surface area contributed by atoms with Crippen LogP contribution in [0.2, 0.25) is 0 Å². The Hall–Kier alpha value is -1.51. The Labute approximate surface area is 102 Å². The van der Waals surface area contributed by atoms with Crippen LogP contribution in [-0.2, 0) is 10.2 Å². The van der Waals surface area contributed by atoms with Crippen molar-refractivity contribution in [2.75, 3.05) is 0 Å². The van der Waals surface area contributed by atoms with Gasteiger partial charge in [-0.2, -0.15) is 0 Å². The minimum Gasteiger partial charge on any atom is -0.490 e. The van der Waals surface area contributed by atoms with Crippen molar-refractivity contribution in [2.45, 2.75) is 45.6 Å². The van der Waals surface area contributed by atoms with Crippen LogP contribution < -0.4 is 4.74 Å². The molecule has 3 nitrogen and oxygen atoms in total. The highest BCUT2D eigenvalue weighted by molar-refractivity contribution is 5.67. The van der Waals surface area contributed by atoms with Crippen molar-refractivity contribution in [3.63, 3.8) is 0 Å². The molecule has 1 aromatic rings. The number of carboxylic acid groups (broad SMARTS) is 1. The van der Waals surface area contributed by atoms with E-state index >= 15 is 0 Å². The van der Waals surface area contributed by atoms with E-state index in [2.05, 4.69) is 20.8 Å². The summed E-state index contributed by atoms with van der Waals surface area (Å²) in [5.74, 6) is -0.129. The minimum absolute atomic E-state index is 0.0149. The van der Waals surface area contributed by atoms with Crippen LogP contribution in [0, 0.1) is 0 Å². The van der Waals surface area contributed by atoms with Crippen molar-refractivity contribution in [2.24, 2.45) is 0 Å². The first-order valence-electron chi connectivity index (χ1n) is 5.78. The molecule has 1 aromatic carbocycles. The molecule has 0 heterocycles. The summed E-state index contributed by atoms with van der Waals surface area (Å²) in [6.45, 7) is 8.20. The van der Waals surface area contributed by atoms with Gasteiger partial charge in [0.25, 0.3) is 0 Å². The molecule has 17 heavy (non-hydrogen) atoms. The van der Waals surface area contributed by atoms with E-state index < -0.39 is 5.97 Å². The lowest BCUT2D eigenvalue weighted by atomic mass is 9.87. The molecule has 0 aliphatic heterocycles. The number of aliphatic carboxylic acids is 1. The summed E-state index contributed by atoms with van der Waals surface area (Å²) in [6.07, 6.45) is -0.297. The maximum Gasteiger partial charge on any atom is 0.307 e. The minimum atomic E-state index is -0.844. The second-order valence-electron chi connectivity index (χ2n) is 5.30. The SMILES string of the molecule is C[C@H](CC(=O)O)Oc1ccc(C(C)(C)C)cc1. The first kappa shape index (κ1) is 13.6. The van der Waals surface area contributed by atoms with Gasteiger partial charge < -0.3 is 9.84 Å². The van der Waals surface area contributed by atoms with Gasteiger partial charge in [0.15, 0.2) is 0 Å². The van der Waals surface area contributed by atoms with Crippen molar-refractivity contribution >= 4 is 5.97 Å². The molecular formula is C14H20O3. The quantitative estimate of drug-likeness (QED) is 0.873. The predicted molar refractivity (Wildman–Crippen MR) is 67.5 cm³/mol. The molecule has 1 N–H and O–H groups in total. The monoisotopic (exact) mass is 236 g/mol. The van der Waals surface area contributed by atoms with E-state index in [1.807, 2.05) is 24.3 Å². The molecule has 0 bridgehead atoms. The number of carbonyl (C=O) groups is 1. The van der Waals surface area contributed by atoms with Gasteiger partial charge in [-0.05, 0) is 30.0 Å². The lowest BCUT2D eigenvalue weighted by Crippen LogP contribution is -2.17. The molecule has 94 valence electrons. The summed E-state index contributed by atoms with van der Waals surface area (Å²) in [7, 11) is 0. The number of hydrogen-bond acceptors (Lipinski definition) is 2. The second kappa shape index (κ2) is 5.21. The molecule has 1 atom stereocenters. The standard InChI is InChI=1S/C14H20O3/c1-10(9-13(15)16)17-12-7-5-11(6-8-12)14(2,3)4/h5-8,10H,9H2,1-4H3,(H,15,16)/t10-/m1/s1. The fraction of sp³-hybridized carbons (Fsp3) is 0.500. The Balaban J connectivity index is 2.66. The van der Waals surface area contributed by atoms with Crippen LogP contribution in [0.3, 0.4) is 0 Å². The zero-order valence-corrected chi connectivity index (χ0v) is 10.9. The number of ether oxygens (including phenoxy) is 1. The second-order valence-corrected chi connectivity index (χ2v) is 5.30. The third-order valence-electron chi connectivity index (χ3n) is 2.52. The summed E-state index contributed by atoms with van der Waals surface area (Å²) in [5.41, 5.74) is 1.35. The highest BCUT2D eigenvalue weighted by Crippen LogP contribution is 2.24. The fourth-order valence-corrected chi connectivity index (χ4v) is 1.55. The van der Waals surface area contributed by atoms with E-state index in [1.165, 1.54) is 5.56 Å². The maximum absolute atomic E-state index is 10.5. The van der Waals surface area contributed by atoms with E-state index in [9.17, 15) is 4.79 Å². The van der Waals surface area contributed by atoms with Gasteiger partial charge in [-0.1, -0.05) is 32.9 Å². The summed E-state index contributed by atoms with van der Waals surface area (Å²) in [6, 6.07) is 7.81. The molecule has 0 fully saturated rings. The van der Waals surface area contributed by atoms with Crippen LogP contribution in [0.4, 0.5) is 0 Å². The van der Waals surface area contributed by atoms with Crippen LogP contribution in [-0.4, -0.2) is 17.2 Å². The lowest BCUT2D eigenvalue weighted by molar-refractivity contribution is -0.138. The molecule has 0 saturated carbocycles. The molecule has 0 amide bonds. The molecule has 1 rings (SSSR count). The largest absolute Gasteiger partial charge is 0.490 e. The topological polar surface area (TPSA) is 46.5 Å². The molecule has 0 spiro atoms. The Kier molecular flexibility index (Phi) is 4.16. The molecule has 0 aromatic heterocycles. The zero-order valence-electron chi connectivity index (χ0n) is 10.9. The molecule has 0 unspecified atom stereocenters. The van der Waals surface area contributed by atoms with E-state index in [-0.39, 0.29) is 17.9 Å². The van der Waals surface area contributed by atoms with Gasteiger partial charge in [0.05, 0.1) is 6.42 Å². The van der Waals surface area contributed by atoms with Crippen LogP contribution in [0.15, 0.2) is 24.3 Å². The van der Waals surface area contributed by atoms with Gasteiger partial charge in [0, 0.05) is 0 Å². The Bertz CT molecular complexity index is 373. The van der Waals surface area contributed by atoms with Crippen LogP contribution in [0.1, 0.15) is 39.7 Å². The Morgan fingerprint density at radius 2 is 1.82 bits per heavy atom. The van der Waals surface area contributed by atoms with Crippen molar-refractivity contribution in [1.82, 2.24) is 0 Å². The van der Waals surface area contributed by atoms with Gasteiger partial charge in [-0.3, -0.25) is 4.79 Å². The highest BCUT2D eigenvalue weighted by Gasteiger charge is 2.14. The number of carboxylic acids is 1.